The van der Waals surface area contributed by atoms with Crippen LogP contribution in [-0.2, 0) is 0 Å². The zero-order valence-corrected chi connectivity index (χ0v) is 20.0. The van der Waals surface area contributed by atoms with Crippen molar-refractivity contribution in [3.63, 3.8) is 0 Å². The van der Waals surface area contributed by atoms with Crippen LogP contribution in [-0.4, -0.2) is 40.7 Å². The Hall–Kier alpha value is -4.33. The van der Waals surface area contributed by atoms with Crippen LogP contribution in [0.1, 0.15) is 31.1 Å². The van der Waals surface area contributed by atoms with Gasteiger partial charge in [-0.1, -0.05) is 35.5 Å². The molecule has 4 rings (SSSR count). The second kappa shape index (κ2) is 11.2. The lowest BCUT2D eigenvalue weighted by Gasteiger charge is -2.17. The van der Waals surface area contributed by atoms with Gasteiger partial charge in [0.15, 0.2) is 11.5 Å². The molecule has 1 heterocycles. The molecule has 8 heteroatoms. The lowest BCUT2D eigenvalue weighted by molar-refractivity contribution is 0.102. The first-order valence-electron chi connectivity index (χ1n) is 11.6. The maximum absolute atomic E-state index is 13.1. The number of nitrogens with zero attached hydrogens (tertiary/aromatic N) is 3. The Morgan fingerprint density at radius 3 is 2.09 bits per heavy atom. The van der Waals surface area contributed by atoms with E-state index in [4.69, 9.17) is 14.2 Å². The third-order valence-electron chi connectivity index (χ3n) is 5.16. The van der Waals surface area contributed by atoms with Crippen molar-refractivity contribution in [3.8, 4) is 34.2 Å². The molecule has 0 unspecified atom stereocenters. The Morgan fingerprint density at radius 2 is 1.49 bits per heavy atom. The molecule has 1 aromatic heterocycles. The van der Waals surface area contributed by atoms with Crippen LogP contribution in [0.5, 0.6) is 17.2 Å². The van der Waals surface area contributed by atoms with Gasteiger partial charge in [-0.2, -0.15) is 0 Å². The second-order valence-corrected chi connectivity index (χ2v) is 7.50. The van der Waals surface area contributed by atoms with Crippen molar-refractivity contribution in [1.29, 1.82) is 0 Å². The summed E-state index contributed by atoms with van der Waals surface area (Å²) < 4.78 is 18.9. The van der Waals surface area contributed by atoms with E-state index in [-0.39, 0.29) is 5.91 Å². The molecule has 8 nitrogen and oxygen atoms in total. The van der Waals surface area contributed by atoms with Crippen LogP contribution < -0.4 is 19.5 Å². The smallest absolute Gasteiger partial charge is 0.255 e. The highest BCUT2D eigenvalue weighted by Crippen LogP contribution is 2.39. The van der Waals surface area contributed by atoms with Crippen molar-refractivity contribution in [3.05, 3.63) is 78.5 Å². The fourth-order valence-corrected chi connectivity index (χ4v) is 3.64. The molecule has 180 valence electrons. The predicted molar refractivity (Wildman–Crippen MR) is 135 cm³/mol. The van der Waals surface area contributed by atoms with Crippen LogP contribution in [0.15, 0.2) is 72.9 Å². The molecule has 0 fully saturated rings. The first kappa shape index (κ1) is 23.8. The lowest BCUT2D eigenvalue weighted by atomic mass is 10.1. The average molecular weight is 473 g/mol. The van der Waals surface area contributed by atoms with E-state index in [1.165, 1.54) is 0 Å². The number of carbonyl (C=O) groups is 1. The summed E-state index contributed by atoms with van der Waals surface area (Å²) in [6, 6.07) is 20.7. The van der Waals surface area contributed by atoms with Gasteiger partial charge < -0.3 is 19.5 Å². The summed E-state index contributed by atoms with van der Waals surface area (Å²) in [5, 5.41) is 11.2. The summed E-state index contributed by atoms with van der Waals surface area (Å²) in [4.78, 5) is 13.1. The van der Waals surface area contributed by atoms with Gasteiger partial charge in [-0.3, -0.25) is 4.79 Å². The summed E-state index contributed by atoms with van der Waals surface area (Å²) in [6.45, 7) is 6.97. The minimum Gasteiger partial charge on any atom is -0.490 e. The molecule has 35 heavy (non-hydrogen) atoms. The Kier molecular flexibility index (Phi) is 7.62. The monoisotopic (exact) mass is 472 g/mol. The van der Waals surface area contributed by atoms with Crippen LogP contribution >= 0.6 is 0 Å². The molecule has 0 aliphatic carbocycles. The van der Waals surface area contributed by atoms with Crippen molar-refractivity contribution >= 4 is 11.6 Å². The third kappa shape index (κ3) is 5.43. The second-order valence-electron chi connectivity index (χ2n) is 7.50. The standard InChI is InChI=1S/C27H28N4O4/c1-4-33-24-16-20(17-25(34-5-2)26(24)35-6-3)27(32)29-21-12-14-22(15-13-21)31-23(18-28-30-31)19-10-8-7-9-11-19/h7-18H,4-6H2,1-3H3,(H,29,32). The molecule has 1 amide bonds. The highest BCUT2D eigenvalue weighted by atomic mass is 16.5. The highest BCUT2D eigenvalue weighted by Gasteiger charge is 2.18. The first-order chi connectivity index (χ1) is 17.1. The normalized spacial score (nSPS) is 10.6. The van der Waals surface area contributed by atoms with E-state index >= 15 is 0 Å². The van der Waals surface area contributed by atoms with Gasteiger partial charge in [0.05, 0.1) is 37.4 Å². The quantitative estimate of drug-likeness (QED) is 0.333. The fourth-order valence-electron chi connectivity index (χ4n) is 3.64. The number of hydrogen-bond donors (Lipinski definition) is 1. The summed E-state index contributed by atoms with van der Waals surface area (Å²) in [6.07, 6.45) is 1.73. The summed E-state index contributed by atoms with van der Waals surface area (Å²) >= 11 is 0. The molecular weight excluding hydrogens is 444 g/mol. The number of hydrogen-bond acceptors (Lipinski definition) is 6. The number of aromatic nitrogens is 3. The van der Waals surface area contributed by atoms with Crippen molar-refractivity contribution in [2.45, 2.75) is 20.8 Å². The number of carbonyl (C=O) groups excluding carboxylic acids is 1. The maximum Gasteiger partial charge on any atom is 0.255 e. The van der Waals surface area contributed by atoms with E-state index < -0.39 is 0 Å². The van der Waals surface area contributed by atoms with Crippen molar-refractivity contribution in [1.82, 2.24) is 15.0 Å². The van der Waals surface area contributed by atoms with Gasteiger partial charge in [0, 0.05) is 16.8 Å². The minimum absolute atomic E-state index is 0.284. The summed E-state index contributed by atoms with van der Waals surface area (Å²) in [5.74, 6) is 1.16. The minimum atomic E-state index is -0.284. The molecule has 0 spiro atoms. The molecule has 0 aliphatic rings. The van der Waals surface area contributed by atoms with E-state index in [9.17, 15) is 4.79 Å². The lowest BCUT2D eigenvalue weighted by Crippen LogP contribution is -2.13. The SMILES string of the molecule is CCOc1cc(C(=O)Nc2ccc(-n3nncc3-c3ccccc3)cc2)cc(OCC)c1OCC. The van der Waals surface area contributed by atoms with Gasteiger partial charge in [-0.05, 0) is 57.2 Å². The van der Waals surface area contributed by atoms with Crippen molar-refractivity contribution in [2.24, 2.45) is 0 Å². The average Bonchev–Trinajstić information content (AvgIpc) is 3.37. The fraction of sp³-hybridized carbons (Fsp3) is 0.222. The molecule has 0 bridgehead atoms. The van der Waals surface area contributed by atoms with Crippen LogP contribution in [0.25, 0.3) is 16.9 Å². The topological polar surface area (TPSA) is 87.5 Å². The molecule has 0 aliphatic heterocycles. The molecule has 0 saturated heterocycles. The van der Waals surface area contributed by atoms with Crippen LogP contribution in [0.3, 0.4) is 0 Å². The number of anilines is 1. The van der Waals surface area contributed by atoms with Gasteiger partial charge in [-0.25, -0.2) is 4.68 Å². The van der Waals surface area contributed by atoms with Crippen LogP contribution in [0.4, 0.5) is 5.69 Å². The van der Waals surface area contributed by atoms with Crippen LogP contribution in [0, 0.1) is 0 Å². The summed E-state index contributed by atoms with van der Waals surface area (Å²) in [7, 11) is 0. The molecule has 0 atom stereocenters. The van der Waals surface area contributed by atoms with Gasteiger partial charge in [-0.15, -0.1) is 5.10 Å². The van der Waals surface area contributed by atoms with E-state index in [1.54, 1.807) is 23.0 Å². The van der Waals surface area contributed by atoms with Gasteiger partial charge in [0.1, 0.15) is 0 Å². The Morgan fingerprint density at radius 1 is 0.857 bits per heavy atom. The molecule has 4 aromatic rings. The van der Waals surface area contributed by atoms with Crippen molar-refractivity contribution in [2.75, 3.05) is 25.1 Å². The van der Waals surface area contributed by atoms with E-state index in [0.29, 0.717) is 48.3 Å². The number of nitrogens with one attached hydrogen (secondary N) is 1. The van der Waals surface area contributed by atoms with E-state index in [1.807, 2.05) is 75.4 Å². The number of ether oxygens (including phenoxy) is 3. The van der Waals surface area contributed by atoms with Gasteiger partial charge in [0.2, 0.25) is 5.75 Å². The zero-order valence-electron chi connectivity index (χ0n) is 20.0. The first-order valence-corrected chi connectivity index (χ1v) is 11.6. The highest BCUT2D eigenvalue weighted by molar-refractivity contribution is 6.05. The predicted octanol–water partition coefficient (Wildman–Crippen LogP) is 5.38. The van der Waals surface area contributed by atoms with Gasteiger partial charge >= 0.3 is 0 Å². The third-order valence-corrected chi connectivity index (χ3v) is 5.16. The Bertz CT molecular complexity index is 1240. The molecule has 1 N–H and O–H groups in total. The number of amides is 1. The zero-order chi connectivity index (χ0) is 24.6. The van der Waals surface area contributed by atoms with Crippen LogP contribution in [0.2, 0.25) is 0 Å². The molecule has 0 saturated carbocycles. The molecule has 3 aromatic carbocycles. The number of rotatable bonds is 10. The van der Waals surface area contributed by atoms with Crippen molar-refractivity contribution < 1.29 is 19.0 Å². The molecular formula is C27H28N4O4. The Balaban J connectivity index is 1.56. The molecule has 0 radical (unpaired) electrons. The maximum atomic E-state index is 13.1. The van der Waals surface area contributed by atoms with Gasteiger partial charge in [0.25, 0.3) is 5.91 Å². The van der Waals surface area contributed by atoms with E-state index in [0.717, 1.165) is 16.9 Å². The summed E-state index contributed by atoms with van der Waals surface area (Å²) in [5.41, 5.74) is 3.78. The Labute approximate surface area is 204 Å². The number of benzene rings is 3. The van der Waals surface area contributed by atoms with E-state index in [2.05, 4.69) is 15.6 Å². The largest absolute Gasteiger partial charge is 0.490 e.